The van der Waals surface area contributed by atoms with Crippen LogP contribution in [0.3, 0.4) is 0 Å². The lowest BCUT2D eigenvalue weighted by Crippen LogP contribution is -2.36. The molecule has 6 heteroatoms. The minimum absolute atomic E-state index is 0.343. The Balaban J connectivity index is 1.59. The van der Waals surface area contributed by atoms with Crippen LogP contribution in [0, 0.1) is 5.82 Å². The second-order valence-corrected chi connectivity index (χ2v) is 11.4. The smallest absolute Gasteiger partial charge is 0.217 e. The van der Waals surface area contributed by atoms with Crippen LogP contribution in [0.4, 0.5) is 4.39 Å². The van der Waals surface area contributed by atoms with E-state index in [2.05, 4.69) is 46.1 Å². The van der Waals surface area contributed by atoms with Crippen molar-refractivity contribution in [3.63, 3.8) is 0 Å². The summed E-state index contributed by atoms with van der Waals surface area (Å²) in [6, 6.07) is 34.5. The normalized spacial score (nSPS) is 13.7. The Bertz CT molecular complexity index is 1580. The molecule has 0 aliphatic heterocycles. The van der Waals surface area contributed by atoms with Gasteiger partial charge in [-0.25, -0.2) is 9.37 Å². The molecule has 5 aromatic rings. The molecule has 0 radical (unpaired) electrons. The van der Waals surface area contributed by atoms with Crippen LogP contribution in [0.1, 0.15) is 41.0 Å². The maximum absolute atomic E-state index is 14.1. The molecule has 0 bridgehead atoms. The third-order valence-electron chi connectivity index (χ3n) is 7.62. The summed E-state index contributed by atoms with van der Waals surface area (Å²) in [6.45, 7) is 1.59. The molecule has 0 saturated carbocycles. The number of ether oxygens (including phenoxy) is 1. The van der Waals surface area contributed by atoms with Crippen molar-refractivity contribution in [2.24, 2.45) is 0 Å². The lowest BCUT2D eigenvalue weighted by molar-refractivity contribution is 0.00558. The molecule has 210 valence electrons. The Morgan fingerprint density at radius 3 is 2.29 bits per heavy atom. The Morgan fingerprint density at radius 2 is 1.61 bits per heavy atom. The summed E-state index contributed by atoms with van der Waals surface area (Å²) in [6.07, 6.45) is 1.16. The Hall–Kier alpha value is -3.58. The summed E-state index contributed by atoms with van der Waals surface area (Å²) < 4.78 is 20.9. The maximum Gasteiger partial charge on any atom is 0.217 e. The molecular weight excluding hydrogens is 579 g/mol. The van der Waals surface area contributed by atoms with E-state index in [9.17, 15) is 9.50 Å². The molecule has 1 heterocycles. The highest BCUT2D eigenvalue weighted by atomic mass is 79.9. The Kier molecular flexibility index (Phi) is 9.13. The average Bonchev–Trinajstić information content (AvgIpc) is 2.98. The number of pyridine rings is 1. The van der Waals surface area contributed by atoms with E-state index in [1.807, 2.05) is 66.7 Å². The number of hydrogen-bond acceptors (Lipinski definition) is 4. The zero-order valence-electron chi connectivity index (χ0n) is 23.3. The van der Waals surface area contributed by atoms with E-state index in [1.54, 1.807) is 19.2 Å². The molecular formula is C35H34BrFN2O2. The van der Waals surface area contributed by atoms with E-state index in [1.165, 1.54) is 17.7 Å². The predicted molar refractivity (Wildman–Crippen MR) is 167 cm³/mol. The SMILES string of the molecule is COc1nc2ccc(Br)cc2cc1C(c1ccccc1)C(O)(CCCN(C)Cc1ccccc1)c1ccc(F)cc1. The van der Waals surface area contributed by atoms with E-state index in [4.69, 9.17) is 9.72 Å². The summed E-state index contributed by atoms with van der Waals surface area (Å²) in [4.78, 5) is 7.09. The van der Waals surface area contributed by atoms with Crippen molar-refractivity contribution in [1.82, 2.24) is 9.88 Å². The molecule has 1 aromatic heterocycles. The van der Waals surface area contributed by atoms with Gasteiger partial charge in [0, 0.05) is 27.9 Å². The standard InChI is InChI=1S/C35H34BrFN2O2/c1-39(24-25-10-5-3-6-11-25)21-9-20-35(40,28-14-17-30(37)18-15-28)33(26-12-7-4-8-13-26)31-23-27-22-29(36)16-19-32(27)38-34(31)41-2/h3-8,10-19,22-23,33,40H,9,20-21,24H2,1-2H3. The minimum Gasteiger partial charge on any atom is -0.481 e. The fraction of sp³-hybridized carbons (Fsp3) is 0.229. The van der Waals surface area contributed by atoms with E-state index < -0.39 is 11.5 Å². The maximum atomic E-state index is 14.1. The summed E-state index contributed by atoms with van der Waals surface area (Å²) >= 11 is 3.58. The lowest BCUT2D eigenvalue weighted by atomic mass is 9.71. The monoisotopic (exact) mass is 612 g/mol. The number of rotatable bonds is 11. The average molecular weight is 614 g/mol. The first-order chi connectivity index (χ1) is 19.9. The third kappa shape index (κ3) is 6.67. The molecule has 2 atom stereocenters. The number of hydrogen-bond donors (Lipinski definition) is 1. The van der Waals surface area contributed by atoms with Gasteiger partial charge in [0.1, 0.15) is 11.4 Å². The zero-order chi connectivity index (χ0) is 28.8. The van der Waals surface area contributed by atoms with Crippen molar-refractivity contribution in [1.29, 1.82) is 0 Å². The molecule has 2 unspecified atom stereocenters. The van der Waals surface area contributed by atoms with Gasteiger partial charge in [0.05, 0.1) is 12.6 Å². The number of aromatic nitrogens is 1. The first-order valence-electron chi connectivity index (χ1n) is 13.8. The number of halogens is 2. The van der Waals surface area contributed by atoms with Gasteiger partial charge < -0.3 is 14.7 Å². The van der Waals surface area contributed by atoms with Gasteiger partial charge >= 0.3 is 0 Å². The van der Waals surface area contributed by atoms with Crippen molar-refractivity contribution in [2.75, 3.05) is 20.7 Å². The van der Waals surface area contributed by atoms with E-state index in [0.717, 1.165) is 46.0 Å². The summed E-state index contributed by atoms with van der Waals surface area (Å²) in [5.74, 6) is -0.417. The molecule has 0 aliphatic rings. The first-order valence-corrected chi connectivity index (χ1v) is 14.6. The van der Waals surface area contributed by atoms with Crippen LogP contribution in [0.25, 0.3) is 10.9 Å². The highest BCUT2D eigenvalue weighted by molar-refractivity contribution is 9.10. The van der Waals surface area contributed by atoms with E-state index in [-0.39, 0.29) is 5.82 Å². The molecule has 41 heavy (non-hydrogen) atoms. The van der Waals surface area contributed by atoms with Gasteiger partial charge in [-0.05, 0) is 79.5 Å². The van der Waals surface area contributed by atoms with Crippen LogP contribution in [-0.4, -0.2) is 35.7 Å². The van der Waals surface area contributed by atoms with Crippen molar-refractivity contribution >= 4 is 26.8 Å². The third-order valence-corrected chi connectivity index (χ3v) is 8.11. The van der Waals surface area contributed by atoms with Gasteiger partial charge in [0.15, 0.2) is 0 Å². The van der Waals surface area contributed by atoms with Crippen LogP contribution < -0.4 is 4.74 Å². The number of benzene rings is 4. The van der Waals surface area contributed by atoms with Crippen LogP contribution >= 0.6 is 15.9 Å². The van der Waals surface area contributed by atoms with Gasteiger partial charge in [-0.15, -0.1) is 0 Å². The van der Waals surface area contributed by atoms with Crippen molar-refractivity contribution in [2.45, 2.75) is 30.9 Å². The highest BCUT2D eigenvalue weighted by Gasteiger charge is 2.42. The molecule has 0 aliphatic carbocycles. The van der Waals surface area contributed by atoms with Crippen LogP contribution in [-0.2, 0) is 12.1 Å². The highest BCUT2D eigenvalue weighted by Crippen LogP contribution is 2.48. The number of methoxy groups -OCH3 is 1. The minimum atomic E-state index is -1.38. The number of aliphatic hydroxyl groups is 1. The van der Waals surface area contributed by atoms with E-state index >= 15 is 0 Å². The Morgan fingerprint density at radius 1 is 0.927 bits per heavy atom. The number of fused-ring (bicyclic) bond motifs is 1. The molecule has 1 N–H and O–H groups in total. The molecule has 0 spiro atoms. The van der Waals surface area contributed by atoms with Gasteiger partial charge in [0.25, 0.3) is 0 Å². The van der Waals surface area contributed by atoms with Gasteiger partial charge in [-0.1, -0.05) is 88.7 Å². The molecule has 0 amide bonds. The van der Waals surface area contributed by atoms with Gasteiger partial charge in [-0.2, -0.15) is 0 Å². The molecule has 0 fully saturated rings. The Labute approximate surface area is 249 Å². The lowest BCUT2D eigenvalue weighted by Gasteiger charge is -2.38. The zero-order valence-corrected chi connectivity index (χ0v) is 24.9. The van der Waals surface area contributed by atoms with E-state index in [0.29, 0.717) is 17.9 Å². The largest absolute Gasteiger partial charge is 0.481 e. The summed E-state index contributed by atoms with van der Waals surface area (Å²) in [7, 11) is 3.70. The fourth-order valence-corrected chi connectivity index (χ4v) is 6.04. The second-order valence-electron chi connectivity index (χ2n) is 10.5. The van der Waals surface area contributed by atoms with Gasteiger partial charge in [0.2, 0.25) is 5.88 Å². The topological polar surface area (TPSA) is 45.6 Å². The van der Waals surface area contributed by atoms with Crippen molar-refractivity contribution in [3.8, 4) is 5.88 Å². The molecule has 4 aromatic carbocycles. The predicted octanol–water partition coefficient (Wildman–Crippen LogP) is 8.08. The molecule has 0 saturated heterocycles. The molecule has 5 rings (SSSR count). The quantitative estimate of drug-likeness (QED) is 0.164. The second kappa shape index (κ2) is 12.9. The number of nitrogens with zero attached hydrogens (tertiary/aromatic N) is 2. The fourth-order valence-electron chi connectivity index (χ4n) is 5.66. The van der Waals surface area contributed by atoms with Gasteiger partial charge in [-0.3, -0.25) is 0 Å². The van der Waals surface area contributed by atoms with Crippen LogP contribution in [0.5, 0.6) is 5.88 Å². The summed E-state index contributed by atoms with van der Waals surface area (Å²) in [5, 5.41) is 13.8. The van der Waals surface area contributed by atoms with Crippen molar-refractivity contribution < 1.29 is 14.2 Å². The molecule has 4 nitrogen and oxygen atoms in total. The van der Waals surface area contributed by atoms with Crippen LogP contribution in [0.2, 0.25) is 0 Å². The summed E-state index contributed by atoms with van der Waals surface area (Å²) in [5.41, 5.74) is 3.00. The first kappa shape index (κ1) is 28.9. The van der Waals surface area contributed by atoms with Crippen LogP contribution in [0.15, 0.2) is 114 Å². The van der Waals surface area contributed by atoms with Crippen molar-refractivity contribution in [3.05, 3.63) is 142 Å².